The lowest BCUT2D eigenvalue weighted by Gasteiger charge is -2.29. The minimum atomic E-state index is -4.89. The van der Waals surface area contributed by atoms with Gasteiger partial charge in [0, 0.05) is 7.05 Å². The van der Waals surface area contributed by atoms with E-state index < -0.39 is 29.6 Å². The molecule has 112 valence electrons. The zero-order valence-corrected chi connectivity index (χ0v) is 11.4. The Morgan fingerprint density at radius 1 is 1.26 bits per heavy atom. The summed E-state index contributed by atoms with van der Waals surface area (Å²) in [6.07, 6.45) is -4.67. The highest BCUT2D eigenvalue weighted by atomic mass is 19.4. The van der Waals surface area contributed by atoms with E-state index in [1.165, 1.54) is 7.05 Å². The fraction of sp³-hybridized carbons (Fsp3) is 0.818. The lowest BCUT2D eigenvalue weighted by Crippen LogP contribution is -2.64. The van der Waals surface area contributed by atoms with Crippen LogP contribution >= 0.6 is 0 Å². The van der Waals surface area contributed by atoms with E-state index in [-0.39, 0.29) is 12.3 Å². The summed E-state index contributed by atoms with van der Waals surface area (Å²) in [6, 6.07) is -1.04. The van der Waals surface area contributed by atoms with Crippen LogP contribution < -0.4 is 16.4 Å². The van der Waals surface area contributed by atoms with Crippen molar-refractivity contribution in [3.8, 4) is 0 Å². The molecule has 0 fully saturated rings. The Morgan fingerprint density at radius 3 is 2.05 bits per heavy atom. The highest BCUT2D eigenvalue weighted by Crippen LogP contribution is 2.28. The van der Waals surface area contributed by atoms with E-state index in [0.717, 1.165) is 0 Å². The number of halogens is 3. The van der Waals surface area contributed by atoms with Crippen LogP contribution in [0.5, 0.6) is 0 Å². The molecule has 0 saturated carbocycles. The Morgan fingerprint density at radius 2 is 1.74 bits per heavy atom. The zero-order valence-electron chi connectivity index (χ0n) is 11.4. The molecule has 0 rings (SSSR count). The van der Waals surface area contributed by atoms with E-state index in [0.29, 0.717) is 6.92 Å². The van der Waals surface area contributed by atoms with Crippen molar-refractivity contribution in [3.05, 3.63) is 0 Å². The standard InChI is InChI=1S/C11H20F3N3O2/c1-6(2)5-7(8(18)16-4)17-9(19)10(3,15)11(12,13)14/h6-7H,5,15H2,1-4H3,(H,16,18)(H,17,19). The first-order valence-corrected chi connectivity index (χ1v) is 5.81. The second-order valence-electron chi connectivity index (χ2n) is 4.97. The molecule has 0 aliphatic carbocycles. The maximum atomic E-state index is 12.6. The van der Waals surface area contributed by atoms with Crippen LogP contribution in [-0.2, 0) is 9.59 Å². The third-order valence-electron chi connectivity index (χ3n) is 2.64. The molecule has 0 radical (unpaired) electrons. The van der Waals surface area contributed by atoms with Gasteiger partial charge >= 0.3 is 6.18 Å². The van der Waals surface area contributed by atoms with Crippen LogP contribution in [0.2, 0.25) is 0 Å². The van der Waals surface area contributed by atoms with Gasteiger partial charge in [0.1, 0.15) is 6.04 Å². The van der Waals surface area contributed by atoms with E-state index in [1.807, 2.05) is 5.32 Å². The zero-order chi connectivity index (χ0) is 15.4. The number of hydrogen-bond acceptors (Lipinski definition) is 3. The quantitative estimate of drug-likeness (QED) is 0.688. The third-order valence-corrected chi connectivity index (χ3v) is 2.64. The van der Waals surface area contributed by atoms with Gasteiger partial charge in [0.2, 0.25) is 11.8 Å². The van der Waals surface area contributed by atoms with Gasteiger partial charge in [-0.25, -0.2) is 0 Å². The number of nitrogens with one attached hydrogen (secondary N) is 2. The summed E-state index contributed by atoms with van der Waals surface area (Å²) >= 11 is 0. The molecule has 0 aliphatic rings. The van der Waals surface area contributed by atoms with Crippen LogP contribution in [0.3, 0.4) is 0 Å². The van der Waals surface area contributed by atoms with Crippen molar-refractivity contribution < 1.29 is 22.8 Å². The summed E-state index contributed by atoms with van der Waals surface area (Å²) in [5, 5.41) is 4.34. The number of alkyl halides is 3. The lowest BCUT2D eigenvalue weighted by atomic mass is 9.98. The van der Waals surface area contributed by atoms with Crippen molar-refractivity contribution in [2.75, 3.05) is 7.05 Å². The maximum Gasteiger partial charge on any atom is 0.415 e. The van der Waals surface area contributed by atoms with Crippen LogP contribution in [0.4, 0.5) is 13.2 Å². The molecule has 19 heavy (non-hydrogen) atoms. The minimum Gasteiger partial charge on any atom is -0.357 e. The van der Waals surface area contributed by atoms with E-state index in [2.05, 4.69) is 5.32 Å². The molecule has 0 aromatic rings. The summed E-state index contributed by atoms with van der Waals surface area (Å²) in [4.78, 5) is 23.1. The van der Waals surface area contributed by atoms with Gasteiger partial charge < -0.3 is 16.4 Å². The summed E-state index contributed by atoms with van der Waals surface area (Å²) in [6.45, 7) is 4.14. The van der Waals surface area contributed by atoms with Gasteiger partial charge in [-0.1, -0.05) is 13.8 Å². The molecular formula is C11H20F3N3O2. The van der Waals surface area contributed by atoms with Crippen LogP contribution in [0.25, 0.3) is 0 Å². The highest BCUT2D eigenvalue weighted by molar-refractivity contribution is 5.92. The van der Waals surface area contributed by atoms with Crippen molar-refractivity contribution in [3.63, 3.8) is 0 Å². The van der Waals surface area contributed by atoms with Crippen molar-refractivity contribution in [2.45, 2.75) is 44.9 Å². The molecule has 0 heterocycles. The largest absolute Gasteiger partial charge is 0.415 e. The number of carbonyl (C=O) groups excluding carboxylic acids is 2. The Hall–Kier alpha value is -1.31. The topological polar surface area (TPSA) is 84.2 Å². The normalized spacial score (nSPS) is 16.7. The van der Waals surface area contributed by atoms with Gasteiger partial charge in [-0.2, -0.15) is 13.2 Å². The van der Waals surface area contributed by atoms with E-state index in [4.69, 9.17) is 5.73 Å². The molecule has 2 unspecified atom stereocenters. The van der Waals surface area contributed by atoms with Gasteiger partial charge in [0.05, 0.1) is 0 Å². The molecule has 0 bridgehead atoms. The summed E-state index contributed by atoms with van der Waals surface area (Å²) in [5.74, 6) is -1.95. The molecule has 5 nitrogen and oxygen atoms in total. The van der Waals surface area contributed by atoms with E-state index in [1.54, 1.807) is 13.8 Å². The maximum absolute atomic E-state index is 12.6. The fourth-order valence-corrected chi connectivity index (χ4v) is 1.31. The highest BCUT2D eigenvalue weighted by Gasteiger charge is 2.54. The minimum absolute atomic E-state index is 0.0255. The molecular weight excluding hydrogens is 263 g/mol. The third kappa shape index (κ3) is 4.70. The first-order chi connectivity index (χ1) is 8.43. The van der Waals surface area contributed by atoms with Gasteiger partial charge in [-0.15, -0.1) is 0 Å². The average molecular weight is 283 g/mol. The van der Waals surface area contributed by atoms with Gasteiger partial charge in [-0.3, -0.25) is 9.59 Å². The predicted molar refractivity (Wildman–Crippen MR) is 64.1 cm³/mol. The van der Waals surface area contributed by atoms with Gasteiger partial charge in [-0.05, 0) is 19.3 Å². The van der Waals surface area contributed by atoms with Crippen molar-refractivity contribution in [1.82, 2.24) is 10.6 Å². The molecule has 0 saturated heterocycles. The van der Waals surface area contributed by atoms with Crippen LogP contribution in [0, 0.1) is 5.92 Å². The monoisotopic (exact) mass is 283 g/mol. The van der Waals surface area contributed by atoms with Crippen molar-refractivity contribution in [2.24, 2.45) is 11.7 Å². The van der Waals surface area contributed by atoms with Crippen molar-refractivity contribution >= 4 is 11.8 Å². The second kappa shape index (κ2) is 6.23. The Balaban J connectivity index is 4.96. The predicted octanol–water partition coefficient (Wildman–Crippen LogP) is 0.543. The number of rotatable bonds is 5. The van der Waals surface area contributed by atoms with E-state index in [9.17, 15) is 22.8 Å². The molecule has 2 amide bonds. The summed E-state index contributed by atoms with van der Waals surface area (Å²) < 4.78 is 37.8. The Labute approximate surface area is 110 Å². The molecule has 0 aromatic heterocycles. The summed E-state index contributed by atoms with van der Waals surface area (Å²) in [7, 11) is 1.34. The molecule has 2 atom stereocenters. The van der Waals surface area contributed by atoms with Crippen LogP contribution in [0.15, 0.2) is 0 Å². The van der Waals surface area contributed by atoms with Crippen LogP contribution in [0.1, 0.15) is 27.2 Å². The number of amides is 2. The first-order valence-electron chi connectivity index (χ1n) is 5.81. The SMILES string of the molecule is CNC(=O)C(CC(C)C)NC(=O)C(C)(N)C(F)(F)F. The lowest BCUT2D eigenvalue weighted by molar-refractivity contribution is -0.188. The Kier molecular flexibility index (Phi) is 5.80. The molecule has 0 aromatic carbocycles. The smallest absolute Gasteiger partial charge is 0.357 e. The van der Waals surface area contributed by atoms with Gasteiger partial charge in [0.25, 0.3) is 0 Å². The number of nitrogens with two attached hydrogens (primary N) is 1. The molecule has 0 aliphatic heterocycles. The Bertz CT molecular complexity index is 341. The number of likely N-dealkylation sites (N-methyl/N-ethyl adjacent to an activating group) is 1. The second-order valence-corrected chi connectivity index (χ2v) is 4.97. The molecule has 4 N–H and O–H groups in total. The molecule has 0 spiro atoms. The van der Waals surface area contributed by atoms with Crippen LogP contribution in [-0.4, -0.2) is 36.6 Å². The average Bonchev–Trinajstić information content (AvgIpc) is 2.24. The van der Waals surface area contributed by atoms with Crippen molar-refractivity contribution in [1.29, 1.82) is 0 Å². The number of hydrogen-bond donors (Lipinski definition) is 3. The fourth-order valence-electron chi connectivity index (χ4n) is 1.31. The first kappa shape index (κ1) is 17.7. The summed E-state index contributed by atoms with van der Waals surface area (Å²) in [5.41, 5.74) is 1.96. The van der Waals surface area contributed by atoms with E-state index >= 15 is 0 Å². The van der Waals surface area contributed by atoms with Gasteiger partial charge in [0.15, 0.2) is 5.54 Å². The number of carbonyl (C=O) groups is 2. The molecule has 8 heteroatoms.